The van der Waals surface area contributed by atoms with Crippen LogP contribution in [-0.2, 0) is 9.59 Å². The highest BCUT2D eigenvalue weighted by Gasteiger charge is 2.40. The summed E-state index contributed by atoms with van der Waals surface area (Å²) in [7, 11) is 0. The lowest BCUT2D eigenvalue weighted by atomic mass is 10.1. The fourth-order valence-corrected chi connectivity index (χ4v) is 3.06. The summed E-state index contributed by atoms with van der Waals surface area (Å²) in [5, 5.41) is 2.19. The number of nitrogens with one attached hydrogen (secondary N) is 1. The van der Waals surface area contributed by atoms with Gasteiger partial charge in [-0.05, 0) is 65.1 Å². The van der Waals surface area contributed by atoms with Crippen molar-refractivity contribution >= 4 is 74.0 Å². The van der Waals surface area contributed by atoms with Gasteiger partial charge in [-0.15, -0.1) is 0 Å². The Balaban J connectivity index is 1.89. The zero-order valence-electron chi connectivity index (χ0n) is 12.6. The van der Waals surface area contributed by atoms with Gasteiger partial charge in [-0.1, -0.05) is 22.0 Å². The zero-order valence-corrected chi connectivity index (χ0v) is 16.4. The van der Waals surface area contributed by atoms with Crippen molar-refractivity contribution in [2.24, 2.45) is 10.9 Å². The highest BCUT2D eigenvalue weighted by Crippen LogP contribution is 2.23. The molecule has 126 valence electrons. The van der Waals surface area contributed by atoms with Crippen molar-refractivity contribution in [1.82, 2.24) is 5.32 Å². The summed E-state index contributed by atoms with van der Waals surface area (Å²) in [4.78, 5) is 41.9. The number of hydrogen-bond donors (Lipinski definition) is 1. The number of amides is 4. The Morgan fingerprint density at radius 1 is 1.12 bits per heavy atom. The average molecular weight is 512 g/mol. The molecule has 0 unspecified atom stereocenters. The van der Waals surface area contributed by atoms with Crippen LogP contribution in [0.15, 0.2) is 58.0 Å². The molecule has 1 aliphatic rings. The average Bonchev–Trinajstić information content (AvgIpc) is 2.56. The van der Waals surface area contributed by atoms with Crippen molar-refractivity contribution in [1.29, 1.82) is 0 Å². The van der Waals surface area contributed by atoms with E-state index in [9.17, 15) is 14.4 Å². The molecule has 0 bridgehead atoms. The number of carbonyl (C=O) groups is 3. The number of halogens is 2. The first-order valence-corrected chi connectivity index (χ1v) is 9.07. The first-order chi connectivity index (χ1) is 12.0. The van der Waals surface area contributed by atoms with E-state index in [2.05, 4.69) is 48.8 Å². The molecule has 1 saturated heterocycles. The van der Waals surface area contributed by atoms with Gasteiger partial charge in [-0.3, -0.25) is 19.9 Å². The third-order valence-corrected chi connectivity index (χ3v) is 4.67. The third kappa shape index (κ3) is 3.96. The summed E-state index contributed by atoms with van der Waals surface area (Å²) in [5.74, 6) is -2.48. The van der Waals surface area contributed by atoms with E-state index in [0.29, 0.717) is 11.4 Å². The largest absolute Gasteiger partial charge is 0.335 e. The first kappa shape index (κ1) is 17.7. The molecule has 0 spiro atoms. The van der Waals surface area contributed by atoms with Crippen molar-refractivity contribution < 1.29 is 14.4 Å². The maximum Gasteiger partial charge on any atom is 0.335 e. The molecule has 0 radical (unpaired) electrons. The summed E-state index contributed by atoms with van der Waals surface area (Å²) in [6.07, 6.45) is 1.27. The van der Waals surface area contributed by atoms with Crippen molar-refractivity contribution in [2.75, 3.05) is 4.90 Å². The lowest BCUT2D eigenvalue weighted by Gasteiger charge is -2.28. The van der Waals surface area contributed by atoms with Crippen LogP contribution in [0.2, 0.25) is 0 Å². The molecule has 1 N–H and O–H groups in total. The van der Waals surface area contributed by atoms with Crippen LogP contribution >= 0.6 is 38.5 Å². The summed E-state index contributed by atoms with van der Waals surface area (Å²) in [6, 6.07) is 13.2. The van der Waals surface area contributed by atoms with E-state index in [1.807, 2.05) is 18.2 Å². The van der Waals surface area contributed by atoms with Crippen LogP contribution in [0.1, 0.15) is 0 Å². The second-order valence-corrected chi connectivity index (χ2v) is 7.34. The lowest BCUT2D eigenvalue weighted by molar-refractivity contribution is -0.131. The maximum absolute atomic E-state index is 12.7. The van der Waals surface area contributed by atoms with Crippen LogP contribution < -0.4 is 10.2 Å². The topological polar surface area (TPSA) is 78.8 Å². The quantitative estimate of drug-likeness (QED) is 0.388. The second kappa shape index (κ2) is 7.44. The molecular formula is C17H11BrIN3O3. The van der Waals surface area contributed by atoms with Crippen LogP contribution in [0.4, 0.5) is 16.2 Å². The number of imide groups is 2. The number of anilines is 1. The Morgan fingerprint density at radius 3 is 2.52 bits per heavy atom. The molecule has 0 saturated carbocycles. The number of nitrogens with zero attached hydrogens (tertiary/aromatic N) is 2. The molecule has 1 atom stereocenters. The highest BCUT2D eigenvalue weighted by atomic mass is 127. The normalized spacial score (nSPS) is 17.9. The summed E-state index contributed by atoms with van der Waals surface area (Å²) >= 11 is 5.44. The van der Waals surface area contributed by atoms with Gasteiger partial charge >= 0.3 is 6.03 Å². The van der Waals surface area contributed by atoms with E-state index in [4.69, 9.17) is 0 Å². The van der Waals surface area contributed by atoms with Crippen molar-refractivity contribution in [3.05, 3.63) is 56.6 Å². The van der Waals surface area contributed by atoms with Crippen LogP contribution in [0.5, 0.6) is 0 Å². The second-order valence-electron chi connectivity index (χ2n) is 5.18. The van der Waals surface area contributed by atoms with Gasteiger partial charge in [0.1, 0.15) is 0 Å². The predicted octanol–water partition coefficient (Wildman–Crippen LogP) is 3.66. The minimum atomic E-state index is -1.17. The van der Waals surface area contributed by atoms with Gasteiger partial charge in [-0.25, -0.2) is 9.69 Å². The molecule has 0 aromatic heterocycles. The molecule has 2 aromatic rings. The SMILES string of the molecule is O=C1NC(=O)N(c2ccc(Br)cc2)C(=O)[C@H]1C=Nc1cccc(I)c1. The Labute approximate surface area is 165 Å². The summed E-state index contributed by atoms with van der Waals surface area (Å²) in [6.45, 7) is 0. The van der Waals surface area contributed by atoms with Crippen LogP contribution in [0.3, 0.4) is 0 Å². The predicted molar refractivity (Wildman–Crippen MR) is 106 cm³/mol. The number of hydrogen-bond acceptors (Lipinski definition) is 4. The van der Waals surface area contributed by atoms with Crippen molar-refractivity contribution in [3.8, 4) is 0 Å². The van der Waals surface area contributed by atoms with Gasteiger partial charge in [0, 0.05) is 14.3 Å². The molecule has 4 amide bonds. The highest BCUT2D eigenvalue weighted by molar-refractivity contribution is 14.1. The first-order valence-electron chi connectivity index (χ1n) is 7.20. The monoisotopic (exact) mass is 511 g/mol. The van der Waals surface area contributed by atoms with Crippen molar-refractivity contribution in [3.63, 3.8) is 0 Å². The smallest absolute Gasteiger partial charge is 0.276 e. The number of barbiturate groups is 1. The molecular weight excluding hydrogens is 501 g/mol. The standard InChI is InChI=1S/C17H11BrIN3O3/c18-10-4-6-13(7-5-10)22-16(24)14(15(23)21-17(22)25)9-20-12-3-1-2-11(19)8-12/h1-9,14H,(H,21,23,25)/t14-/m0/s1. The summed E-state index contributed by atoms with van der Waals surface area (Å²) < 4.78 is 1.80. The molecule has 8 heteroatoms. The molecule has 6 nitrogen and oxygen atoms in total. The number of carbonyl (C=O) groups excluding carboxylic acids is 3. The minimum absolute atomic E-state index is 0.380. The molecule has 1 fully saturated rings. The Morgan fingerprint density at radius 2 is 1.84 bits per heavy atom. The minimum Gasteiger partial charge on any atom is -0.276 e. The van der Waals surface area contributed by atoms with E-state index in [1.165, 1.54) is 6.21 Å². The molecule has 0 aliphatic carbocycles. The molecule has 1 heterocycles. The number of urea groups is 1. The summed E-state index contributed by atoms with van der Waals surface area (Å²) in [5.41, 5.74) is 1.01. The van der Waals surface area contributed by atoms with Gasteiger partial charge in [0.05, 0.1) is 11.4 Å². The van der Waals surface area contributed by atoms with Crippen LogP contribution in [0, 0.1) is 9.49 Å². The molecule has 25 heavy (non-hydrogen) atoms. The lowest BCUT2D eigenvalue weighted by Crippen LogP contribution is -2.58. The van der Waals surface area contributed by atoms with E-state index in [1.54, 1.807) is 30.3 Å². The van der Waals surface area contributed by atoms with Gasteiger partial charge in [0.25, 0.3) is 5.91 Å². The Hall–Kier alpha value is -2.07. The Kier molecular flexibility index (Phi) is 5.28. The zero-order chi connectivity index (χ0) is 18.0. The number of aliphatic imine (C=N–C) groups is 1. The number of benzene rings is 2. The van der Waals surface area contributed by atoms with Gasteiger partial charge in [0.15, 0.2) is 5.92 Å². The van der Waals surface area contributed by atoms with E-state index >= 15 is 0 Å². The molecule has 1 aliphatic heterocycles. The molecule has 3 rings (SSSR count). The van der Waals surface area contributed by atoms with Crippen LogP contribution in [-0.4, -0.2) is 24.1 Å². The van der Waals surface area contributed by atoms with E-state index in [-0.39, 0.29) is 0 Å². The molecule has 2 aromatic carbocycles. The van der Waals surface area contributed by atoms with E-state index in [0.717, 1.165) is 12.9 Å². The van der Waals surface area contributed by atoms with Gasteiger partial charge in [0.2, 0.25) is 5.91 Å². The van der Waals surface area contributed by atoms with Crippen LogP contribution in [0.25, 0.3) is 0 Å². The maximum atomic E-state index is 12.7. The van der Waals surface area contributed by atoms with Gasteiger partial charge in [-0.2, -0.15) is 0 Å². The van der Waals surface area contributed by atoms with Gasteiger partial charge < -0.3 is 0 Å². The van der Waals surface area contributed by atoms with E-state index < -0.39 is 23.8 Å². The Bertz CT molecular complexity index is 883. The number of rotatable bonds is 3. The fourth-order valence-electron chi connectivity index (χ4n) is 2.27. The van der Waals surface area contributed by atoms with Crippen molar-refractivity contribution in [2.45, 2.75) is 0 Å². The third-order valence-electron chi connectivity index (χ3n) is 3.47. The fraction of sp³-hybridized carbons (Fsp3) is 0.0588.